The molecule has 0 N–H and O–H groups in total. The van der Waals surface area contributed by atoms with Crippen LogP contribution in [0.1, 0.15) is 49.8 Å². The maximum atomic E-state index is 9.16. The van der Waals surface area contributed by atoms with E-state index in [4.69, 9.17) is 9.78 Å². The summed E-state index contributed by atoms with van der Waals surface area (Å²) in [6.07, 6.45) is 9.50. The molecule has 4 bridgehead atoms. The van der Waals surface area contributed by atoms with Gasteiger partial charge in [0.15, 0.2) is 5.76 Å². The van der Waals surface area contributed by atoms with Gasteiger partial charge in [-0.3, -0.25) is 0 Å². The van der Waals surface area contributed by atoms with Crippen LogP contribution in [0.4, 0.5) is 0 Å². The predicted octanol–water partition coefficient (Wildman–Crippen LogP) is 3.01. The van der Waals surface area contributed by atoms with Crippen molar-refractivity contribution in [3.63, 3.8) is 0 Å². The summed E-state index contributed by atoms with van der Waals surface area (Å²) in [5.74, 6) is 3.52. The van der Waals surface area contributed by atoms with Crippen LogP contribution in [0.2, 0.25) is 0 Å². The van der Waals surface area contributed by atoms with Gasteiger partial charge in [0.05, 0.1) is 6.20 Å². The zero-order chi connectivity index (χ0) is 11.5. The SMILES string of the molecule is N#Cc1cnoc1C12CC3CC(CC(C3)C1)C2. The van der Waals surface area contributed by atoms with Gasteiger partial charge < -0.3 is 4.52 Å². The Morgan fingerprint density at radius 1 is 1.18 bits per heavy atom. The molecule has 4 aliphatic carbocycles. The van der Waals surface area contributed by atoms with Gasteiger partial charge in [-0.15, -0.1) is 0 Å². The Labute approximate surface area is 101 Å². The second-order valence-corrected chi connectivity index (χ2v) is 6.38. The summed E-state index contributed by atoms with van der Waals surface area (Å²) in [6.45, 7) is 0. The monoisotopic (exact) mass is 228 g/mol. The molecule has 3 nitrogen and oxygen atoms in total. The van der Waals surface area contributed by atoms with E-state index >= 15 is 0 Å². The van der Waals surface area contributed by atoms with Crippen molar-refractivity contribution in [2.24, 2.45) is 17.8 Å². The van der Waals surface area contributed by atoms with Gasteiger partial charge in [0.25, 0.3) is 0 Å². The second kappa shape index (κ2) is 3.13. The first-order valence-corrected chi connectivity index (χ1v) is 6.64. The molecule has 4 fully saturated rings. The molecule has 3 heteroatoms. The van der Waals surface area contributed by atoms with E-state index in [2.05, 4.69) is 11.2 Å². The standard InChI is InChI=1S/C14H16N2O/c15-7-12-8-16-17-13(12)14-4-9-1-10(5-14)3-11(2-9)6-14/h8-11H,1-6H2. The quantitative estimate of drug-likeness (QED) is 0.742. The fourth-order valence-corrected chi connectivity index (χ4v) is 5.09. The van der Waals surface area contributed by atoms with Crippen molar-refractivity contribution in [1.29, 1.82) is 5.26 Å². The van der Waals surface area contributed by atoms with E-state index in [-0.39, 0.29) is 5.41 Å². The van der Waals surface area contributed by atoms with E-state index in [1.165, 1.54) is 38.5 Å². The fraction of sp³-hybridized carbons (Fsp3) is 0.714. The van der Waals surface area contributed by atoms with Crippen molar-refractivity contribution in [2.45, 2.75) is 43.9 Å². The average molecular weight is 228 g/mol. The van der Waals surface area contributed by atoms with Gasteiger partial charge in [0, 0.05) is 5.41 Å². The predicted molar refractivity (Wildman–Crippen MR) is 61.1 cm³/mol. The average Bonchev–Trinajstić information content (AvgIpc) is 2.75. The zero-order valence-corrected chi connectivity index (χ0v) is 9.85. The summed E-state index contributed by atoms with van der Waals surface area (Å²) in [6, 6.07) is 2.24. The molecule has 5 rings (SSSR count). The van der Waals surface area contributed by atoms with Gasteiger partial charge in [-0.05, 0) is 56.3 Å². The van der Waals surface area contributed by atoms with E-state index in [0.29, 0.717) is 5.56 Å². The molecule has 0 spiro atoms. The molecule has 0 atom stereocenters. The minimum Gasteiger partial charge on any atom is -0.359 e. The largest absolute Gasteiger partial charge is 0.359 e. The lowest BCUT2D eigenvalue weighted by Crippen LogP contribution is -2.48. The molecule has 88 valence electrons. The molecule has 0 aromatic carbocycles. The van der Waals surface area contributed by atoms with Crippen molar-refractivity contribution >= 4 is 0 Å². The first-order chi connectivity index (χ1) is 8.29. The minimum absolute atomic E-state index is 0.163. The highest BCUT2D eigenvalue weighted by atomic mass is 16.5. The van der Waals surface area contributed by atoms with Crippen LogP contribution in [0.15, 0.2) is 10.7 Å². The van der Waals surface area contributed by atoms with Gasteiger partial charge in [0.2, 0.25) is 0 Å². The molecule has 0 amide bonds. The molecule has 0 aliphatic heterocycles. The maximum Gasteiger partial charge on any atom is 0.160 e. The Kier molecular flexibility index (Phi) is 1.79. The third-order valence-electron chi connectivity index (χ3n) is 5.21. The second-order valence-electron chi connectivity index (χ2n) is 6.38. The zero-order valence-electron chi connectivity index (χ0n) is 9.85. The number of nitrogens with zero attached hydrogens (tertiary/aromatic N) is 2. The summed E-state index contributed by atoms with van der Waals surface area (Å²) in [5, 5.41) is 13.0. The maximum absolute atomic E-state index is 9.16. The van der Waals surface area contributed by atoms with Crippen molar-refractivity contribution in [2.75, 3.05) is 0 Å². The molecule has 4 aliphatic rings. The van der Waals surface area contributed by atoms with Crippen LogP contribution in [0, 0.1) is 29.1 Å². The van der Waals surface area contributed by atoms with Gasteiger partial charge >= 0.3 is 0 Å². The molecule has 4 saturated carbocycles. The van der Waals surface area contributed by atoms with Crippen LogP contribution in [0.3, 0.4) is 0 Å². The van der Waals surface area contributed by atoms with Crippen LogP contribution in [0.5, 0.6) is 0 Å². The molecule has 1 aromatic rings. The highest BCUT2D eigenvalue weighted by Gasteiger charge is 2.54. The Balaban J connectivity index is 1.80. The molecule has 0 unspecified atom stereocenters. The van der Waals surface area contributed by atoms with Gasteiger partial charge in [0.1, 0.15) is 11.6 Å². The van der Waals surface area contributed by atoms with E-state index in [1.54, 1.807) is 6.20 Å². The number of hydrogen-bond acceptors (Lipinski definition) is 3. The van der Waals surface area contributed by atoms with Gasteiger partial charge in [-0.1, -0.05) is 5.16 Å². The highest BCUT2D eigenvalue weighted by molar-refractivity contribution is 5.35. The Bertz CT molecular complexity index is 461. The van der Waals surface area contributed by atoms with Crippen LogP contribution in [-0.4, -0.2) is 5.16 Å². The molecular formula is C14H16N2O. The van der Waals surface area contributed by atoms with Gasteiger partial charge in [-0.25, -0.2) is 0 Å². The minimum atomic E-state index is 0.163. The fourth-order valence-electron chi connectivity index (χ4n) is 5.09. The number of hydrogen-bond donors (Lipinski definition) is 0. The highest BCUT2D eigenvalue weighted by Crippen LogP contribution is 2.61. The summed E-state index contributed by atoms with van der Waals surface area (Å²) >= 11 is 0. The van der Waals surface area contributed by atoms with E-state index in [1.807, 2.05) is 0 Å². The summed E-state index contributed by atoms with van der Waals surface area (Å²) in [4.78, 5) is 0. The van der Waals surface area contributed by atoms with E-state index in [0.717, 1.165) is 23.5 Å². The molecule has 1 aromatic heterocycles. The van der Waals surface area contributed by atoms with Crippen LogP contribution >= 0.6 is 0 Å². The topological polar surface area (TPSA) is 49.8 Å². The number of rotatable bonds is 1. The smallest absolute Gasteiger partial charge is 0.160 e. The van der Waals surface area contributed by atoms with Crippen molar-refractivity contribution in [3.8, 4) is 6.07 Å². The summed E-state index contributed by atoms with van der Waals surface area (Å²) < 4.78 is 5.47. The van der Waals surface area contributed by atoms with Crippen LogP contribution < -0.4 is 0 Å². The Hall–Kier alpha value is -1.30. The Morgan fingerprint density at radius 2 is 1.76 bits per heavy atom. The number of nitriles is 1. The van der Waals surface area contributed by atoms with Gasteiger partial charge in [-0.2, -0.15) is 5.26 Å². The third-order valence-corrected chi connectivity index (χ3v) is 5.21. The normalized spacial score (nSPS) is 42.6. The molecule has 17 heavy (non-hydrogen) atoms. The van der Waals surface area contributed by atoms with Crippen molar-refractivity contribution in [3.05, 3.63) is 17.5 Å². The summed E-state index contributed by atoms with van der Waals surface area (Å²) in [7, 11) is 0. The summed E-state index contributed by atoms with van der Waals surface area (Å²) in [5.41, 5.74) is 0.836. The lowest BCUT2D eigenvalue weighted by Gasteiger charge is -2.55. The van der Waals surface area contributed by atoms with Crippen molar-refractivity contribution in [1.82, 2.24) is 5.16 Å². The van der Waals surface area contributed by atoms with E-state index in [9.17, 15) is 0 Å². The third kappa shape index (κ3) is 1.24. The number of aromatic nitrogens is 1. The van der Waals surface area contributed by atoms with Crippen molar-refractivity contribution < 1.29 is 4.52 Å². The first kappa shape index (κ1) is 9.70. The molecular weight excluding hydrogens is 212 g/mol. The first-order valence-electron chi connectivity index (χ1n) is 6.64. The lowest BCUT2D eigenvalue weighted by atomic mass is 9.49. The van der Waals surface area contributed by atoms with Crippen LogP contribution in [-0.2, 0) is 5.41 Å². The van der Waals surface area contributed by atoms with Crippen LogP contribution in [0.25, 0.3) is 0 Å². The Morgan fingerprint density at radius 3 is 2.29 bits per heavy atom. The molecule has 1 heterocycles. The van der Waals surface area contributed by atoms with E-state index < -0.39 is 0 Å². The molecule has 0 saturated heterocycles. The molecule has 0 radical (unpaired) electrons. The lowest BCUT2D eigenvalue weighted by molar-refractivity contribution is -0.0177.